The molecule has 1 aromatic rings. The minimum Gasteiger partial charge on any atom is -0.469 e. The number of benzene rings is 1. The third-order valence-corrected chi connectivity index (χ3v) is 3.54. The Hall–Kier alpha value is -1.91. The summed E-state index contributed by atoms with van der Waals surface area (Å²) in [6.07, 6.45) is 0.972. The number of halogens is 1. The monoisotopic (exact) mass is 279 g/mol. The van der Waals surface area contributed by atoms with Gasteiger partial charge in [-0.1, -0.05) is 6.07 Å². The van der Waals surface area contributed by atoms with Crippen LogP contribution < -0.4 is 4.90 Å². The molecule has 1 aliphatic rings. The predicted octanol–water partition coefficient (Wildman–Crippen LogP) is 2.30. The molecule has 1 amide bonds. The fraction of sp³-hybridized carbons (Fsp3) is 0.467. The predicted molar refractivity (Wildman–Crippen MR) is 72.9 cm³/mol. The van der Waals surface area contributed by atoms with E-state index in [1.54, 1.807) is 19.9 Å². The van der Waals surface area contributed by atoms with Crippen molar-refractivity contribution in [1.82, 2.24) is 0 Å². The molecule has 1 aliphatic heterocycles. The highest BCUT2D eigenvalue weighted by atomic mass is 19.1. The maximum absolute atomic E-state index is 13.4. The van der Waals surface area contributed by atoms with Crippen molar-refractivity contribution in [3.63, 3.8) is 0 Å². The van der Waals surface area contributed by atoms with Crippen LogP contribution in [0.4, 0.5) is 10.1 Å². The van der Waals surface area contributed by atoms with Gasteiger partial charge in [0.25, 0.3) is 0 Å². The molecule has 0 bridgehead atoms. The number of nitrogens with zero attached hydrogens (tertiary/aromatic N) is 1. The summed E-state index contributed by atoms with van der Waals surface area (Å²) < 4.78 is 18.2. The zero-order valence-corrected chi connectivity index (χ0v) is 11.9. The molecular weight excluding hydrogens is 261 g/mol. The number of esters is 1. The summed E-state index contributed by atoms with van der Waals surface area (Å²) in [4.78, 5) is 25.4. The van der Waals surface area contributed by atoms with Gasteiger partial charge in [0.2, 0.25) is 5.91 Å². The summed E-state index contributed by atoms with van der Waals surface area (Å²) in [5.41, 5.74) is 0.635. The summed E-state index contributed by atoms with van der Waals surface area (Å²) in [5.74, 6) is -0.881. The van der Waals surface area contributed by atoms with E-state index in [4.69, 9.17) is 4.74 Å². The summed E-state index contributed by atoms with van der Waals surface area (Å²) in [6.45, 7) is 3.59. The smallest absolute Gasteiger partial charge is 0.313 e. The molecule has 0 spiro atoms. The fourth-order valence-electron chi connectivity index (χ4n) is 2.42. The molecule has 0 radical (unpaired) electrons. The van der Waals surface area contributed by atoms with E-state index in [1.165, 1.54) is 24.1 Å². The van der Waals surface area contributed by atoms with Gasteiger partial charge in [-0.25, -0.2) is 4.39 Å². The van der Waals surface area contributed by atoms with Crippen LogP contribution in [0.2, 0.25) is 0 Å². The van der Waals surface area contributed by atoms with E-state index in [0.29, 0.717) is 18.5 Å². The van der Waals surface area contributed by atoms with E-state index in [-0.39, 0.29) is 18.3 Å². The van der Waals surface area contributed by atoms with E-state index in [2.05, 4.69) is 0 Å². The number of hydrogen-bond donors (Lipinski definition) is 0. The lowest BCUT2D eigenvalue weighted by molar-refractivity contribution is -0.150. The van der Waals surface area contributed by atoms with Crippen LogP contribution in [0.1, 0.15) is 25.8 Å². The normalized spacial score (nSPS) is 15.0. The number of anilines is 1. The number of aryl methyl sites for hydroxylation is 1. The average Bonchev–Trinajstić information content (AvgIpc) is 2.41. The van der Waals surface area contributed by atoms with Crippen molar-refractivity contribution in [1.29, 1.82) is 0 Å². The van der Waals surface area contributed by atoms with E-state index in [0.717, 1.165) is 5.56 Å². The molecule has 0 saturated carbocycles. The maximum Gasteiger partial charge on any atom is 0.313 e. The Kier molecular flexibility index (Phi) is 3.79. The van der Waals surface area contributed by atoms with Gasteiger partial charge in [0, 0.05) is 18.7 Å². The van der Waals surface area contributed by atoms with Gasteiger partial charge in [-0.05, 0) is 38.0 Å². The SMILES string of the molecule is COC(=O)C(C)(C)CN1C(=O)CCc2ccc(F)cc21. The number of amides is 1. The molecule has 0 fully saturated rings. The van der Waals surface area contributed by atoms with Crippen LogP contribution in [0.15, 0.2) is 18.2 Å². The van der Waals surface area contributed by atoms with Crippen LogP contribution in [0.3, 0.4) is 0 Å². The zero-order valence-electron chi connectivity index (χ0n) is 11.9. The molecular formula is C15H18FNO3. The molecule has 108 valence electrons. The molecule has 0 aromatic heterocycles. The molecule has 4 nitrogen and oxygen atoms in total. The average molecular weight is 279 g/mol. The Morgan fingerprint density at radius 2 is 2.10 bits per heavy atom. The van der Waals surface area contributed by atoms with Gasteiger partial charge in [-0.3, -0.25) is 9.59 Å². The Balaban J connectivity index is 2.35. The minimum absolute atomic E-state index is 0.0971. The number of carbonyl (C=O) groups is 2. The summed E-state index contributed by atoms with van der Waals surface area (Å²) in [5, 5.41) is 0. The van der Waals surface area contributed by atoms with Crippen molar-refractivity contribution in [2.45, 2.75) is 26.7 Å². The fourth-order valence-corrected chi connectivity index (χ4v) is 2.42. The van der Waals surface area contributed by atoms with Gasteiger partial charge in [0.15, 0.2) is 0 Å². The first-order chi connectivity index (χ1) is 9.35. The second-order valence-electron chi connectivity index (χ2n) is 5.63. The van der Waals surface area contributed by atoms with E-state index < -0.39 is 11.4 Å². The Morgan fingerprint density at radius 1 is 1.40 bits per heavy atom. The van der Waals surface area contributed by atoms with Crippen LogP contribution >= 0.6 is 0 Å². The maximum atomic E-state index is 13.4. The summed E-state index contributed by atoms with van der Waals surface area (Å²) in [7, 11) is 1.32. The topological polar surface area (TPSA) is 46.6 Å². The number of ether oxygens (including phenoxy) is 1. The van der Waals surface area contributed by atoms with Gasteiger partial charge in [-0.2, -0.15) is 0 Å². The second kappa shape index (κ2) is 5.23. The molecule has 5 heteroatoms. The van der Waals surface area contributed by atoms with E-state index in [1.807, 2.05) is 0 Å². The van der Waals surface area contributed by atoms with Gasteiger partial charge >= 0.3 is 5.97 Å². The van der Waals surface area contributed by atoms with Crippen LogP contribution in [0.5, 0.6) is 0 Å². The van der Waals surface area contributed by atoms with E-state index >= 15 is 0 Å². The third kappa shape index (κ3) is 2.66. The molecule has 1 aromatic carbocycles. The first kappa shape index (κ1) is 14.5. The number of carbonyl (C=O) groups excluding carboxylic acids is 2. The lowest BCUT2D eigenvalue weighted by Gasteiger charge is -2.34. The van der Waals surface area contributed by atoms with E-state index in [9.17, 15) is 14.0 Å². The molecule has 0 aliphatic carbocycles. The molecule has 1 heterocycles. The second-order valence-corrected chi connectivity index (χ2v) is 5.63. The first-order valence-corrected chi connectivity index (χ1v) is 6.52. The summed E-state index contributed by atoms with van der Waals surface area (Å²) in [6, 6.07) is 4.42. The summed E-state index contributed by atoms with van der Waals surface area (Å²) >= 11 is 0. The molecule has 0 atom stereocenters. The molecule has 0 N–H and O–H groups in total. The Morgan fingerprint density at radius 3 is 2.75 bits per heavy atom. The lowest BCUT2D eigenvalue weighted by Crippen LogP contribution is -2.45. The first-order valence-electron chi connectivity index (χ1n) is 6.52. The number of methoxy groups -OCH3 is 1. The van der Waals surface area contributed by atoms with Crippen LogP contribution in [-0.4, -0.2) is 25.5 Å². The molecule has 0 unspecified atom stereocenters. The van der Waals surface area contributed by atoms with Crippen molar-refractivity contribution in [3.8, 4) is 0 Å². The molecule has 2 rings (SSSR count). The van der Waals surface area contributed by atoms with Crippen molar-refractivity contribution in [2.24, 2.45) is 5.41 Å². The van der Waals surface area contributed by atoms with Gasteiger partial charge in [0.1, 0.15) is 5.82 Å². The van der Waals surface area contributed by atoms with Crippen molar-refractivity contribution >= 4 is 17.6 Å². The zero-order chi connectivity index (χ0) is 14.9. The largest absolute Gasteiger partial charge is 0.469 e. The van der Waals surface area contributed by atoms with Crippen molar-refractivity contribution in [2.75, 3.05) is 18.6 Å². The lowest BCUT2D eigenvalue weighted by atomic mass is 9.90. The van der Waals surface area contributed by atoms with Crippen molar-refractivity contribution < 1.29 is 18.7 Å². The number of fused-ring (bicyclic) bond motifs is 1. The third-order valence-electron chi connectivity index (χ3n) is 3.54. The highest BCUT2D eigenvalue weighted by Gasteiger charge is 2.35. The van der Waals surface area contributed by atoms with Gasteiger partial charge in [0.05, 0.1) is 12.5 Å². The Labute approximate surface area is 117 Å². The van der Waals surface area contributed by atoms with Crippen LogP contribution in [-0.2, 0) is 20.7 Å². The van der Waals surface area contributed by atoms with Crippen molar-refractivity contribution in [3.05, 3.63) is 29.6 Å². The van der Waals surface area contributed by atoms with Crippen LogP contribution in [0.25, 0.3) is 0 Å². The minimum atomic E-state index is -0.842. The highest BCUT2D eigenvalue weighted by molar-refractivity contribution is 5.97. The highest BCUT2D eigenvalue weighted by Crippen LogP contribution is 2.32. The van der Waals surface area contributed by atoms with Crippen LogP contribution in [0, 0.1) is 11.2 Å². The molecule has 20 heavy (non-hydrogen) atoms. The quantitative estimate of drug-likeness (QED) is 0.798. The standard InChI is InChI=1S/C15H18FNO3/c1-15(2,14(19)20-3)9-17-12-8-11(16)6-4-10(12)5-7-13(17)18/h4,6,8H,5,7,9H2,1-3H3. The molecule has 0 saturated heterocycles. The number of hydrogen-bond acceptors (Lipinski definition) is 3. The number of rotatable bonds is 3. The van der Waals surface area contributed by atoms with Gasteiger partial charge in [-0.15, -0.1) is 0 Å². The van der Waals surface area contributed by atoms with Gasteiger partial charge < -0.3 is 9.64 Å². The Bertz CT molecular complexity index is 554.